The number of benzene rings is 1. The molecule has 0 radical (unpaired) electrons. The number of carbonyl (C=O) groups excluding carboxylic acids is 1. The van der Waals surface area contributed by atoms with E-state index in [0.717, 1.165) is 35.6 Å². The molecule has 2 heterocycles. The molecule has 136 valence electrons. The highest BCUT2D eigenvalue weighted by molar-refractivity contribution is 5.94. The van der Waals surface area contributed by atoms with Gasteiger partial charge in [-0.1, -0.05) is 13.0 Å². The molecule has 4 rings (SSSR count). The second-order valence-electron chi connectivity index (χ2n) is 7.57. The van der Waals surface area contributed by atoms with Crippen LogP contribution < -0.4 is 10.2 Å². The van der Waals surface area contributed by atoms with Crippen LogP contribution in [0.2, 0.25) is 0 Å². The van der Waals surface area contributed by atoms with Gasteiger partial charge in [-0.2, -0.15) is 0 Å². The zero-order chi connectivity index (χ0) is 18.4. The number of amides is 1. The lowest BCUT2D eigenvalue weighted by molar-refractivity contribution is -0.117. The molecule has 2 aliphatic rings. The molecule has 1 aliphatic carbocycles. The highest BCUT2D eigenvalue weighted by atomic mass is 19.1. The van der Waals surface area contributed by atoms with E-state index in [1.807, 2.05) is 30.0 Å². The minimum absolute atomic E-state index is 0.0220. The van der Waals surface area contributed by atoms with Crippen molar-refractivity contribution in [3.05, 3.63) is 53.5 Å². The Morgan fingerprint density at radius 3 is 2.69 bits per heavy atom. The Hall–Kier alpha value is -2.43. The molecular formula is C21H24FN3O. The zero-order valence-electron chi connectivity index (χ0n) is 15.4. The lowest BCUT2D eigenvalue weighted by atomic mass is 9.80. The molecule has 0 bridgehead atoms. The van der Waals surface area contributed by atoms with Crippen LogP contribution in [-0.2, 0) is 4.79 Å². The Morgan fingerprint density at radius 1 is 1.27 bits per heavy atom. The molecule has 3 atom stereocenters. The molecule has 1 amide bonds. The average Bonchev–Trinajstić information content (AvgIpc) is 3.41. The fourth-order valence-corrected chi connectivity index (χ4v) is 4.32. The fraction of sp³-hybridized carbons (Fsp3) is 0.429. The van der Waals surface area contributed by atoms with Crippen molar-refractivity contribution in [2.45, 2.75) is 45.7 Å². The molecule has 0 unspecified atom stereocenters. The number of carbonyl (C=O) groups is 1. The molecule has 1 aliphatic heterocycles. The molecule has 1 aromatic carbocycles. The summed E-state index contributed by atoms with van der Waals surface area (Å²) >= 11 is 0. The van der Waals surface area contributed by atoms with E-state index >= 15 is 0 Å². The van der Waals surface area contributed by atoms with Crippen molar-refractivity contribution in [3.63, 3.8) is 0 Å². The van der Waals surface area contributed by atoms with Crippen molar-refractivity contribution in [2.75, 3.05) is 10.2 Å². The topological polar surface area (TPSA) is 45.2 Å². The van der Waals surface area contributed by atoms with Gasteiger partial charge >= 0.3 is 0 Å². The van der Waals surface area contributed by atoms with Gasteiger partial charge in [0.05, 0.1) is 6.04 Å². The van der Waals surface area contributed by atoms with Gasteiger partial charge in [-0.3, -0.25) is 4.79 Å². The first-order valence-corrected chi connectivity index (χ1v) is 9.25. The second kappa shape index (κ2) is 6.38. The van der Waals surface area contributed by atoms with Gasteiger partial charge in [0.15, 0.2) is 0 Å². The standard InChI is InChI=1S/C21H24FN3O/c1-12-5-4-6-19(23-12)24-20-13(2)21(15-7-8-15)25(14(3)26)18-10-9-16(22)11-17(18)20/h4-6,9-11,13,15,20-21H,7-8H2,1-3H3,(H,23,24)/t13-,20-,21-/m1/s1. The summed E-state index contributed by atoms with van der Waals surface area (Å²) in [6, 6.07) is 10.6. The molecule has 1 N–H and O–H groups in total. The van der Waals surface area contributed by atoms with Crippen LogP contribution >= 0.6 is 0 Å². The van der Waals surface area contributed by atoms with Crippen LogP contribution in [-0.4, -0.2) is 16.9 Å². The van der Waals surface area contributed by atoms with Crippen molar-refractivity contribution in [1.82, 2.24) is 4.98 Å². The van der Waals surface area contributed by atoms with Crippen LogP contribution in [0.4, 0.5) is 15.9 Å². The van der Waals surface area contributed by atoms with Gasteiger partial charge in [-0.15, -0.1) is 0 Å². The van der Waals surface area contributed by atoms with E-state index in [4.69, 9.17) is 0 Å². The molecule has 0 saturated heterocycles. The van der Waals surface area contributed by atoms with E-state index in [1.54, 1.807) is 19.1 Å². The monoisotopic (exact) mass is 353 g/mol. The quantitative estimate of drug-likeness (QED) is 0.886. The smallest absolute Gasteiger partial charge is 0.224 e. The van der Waals surface area contributed by atoms with Gasteiger partial charge in [-0.25, -0.2) is 9.37 Å². The largest absolute Gasteiger partial charge is 0.363 e. The van der Waals surface area contributed by atoms with Crippen LogP contribution in [0.5, 0.6) is 0 Å². The van der Waals surface area contributed by atoms with Crippen molar-refractivity contribution < 1.29 is 9.18 Å². The number of anilines is 2. The van der Waals surface area contributed by atoms with Gasteiger partial charge in [0.1, 0.15) is 11.6 Å². The lowest BCUT2D eigenvalue weighted by Gasteiger charge is -2.45. The van der Waals surface area contributed by atoms with Gasteiger partial charge in [0.2, 0.25) is 5.91 Å². The number of hydrogen-bond acceptors (Lipinski definition) is 3. The predicted molar refractivity (Wildman–Crippen MR) is 101 cm³/mol. The summed E-state index contributed by atoms with van der Waals surface area (Å²) in [6.07, 6.45) is 2.29. The maximum atomic E-state index is 14.0. The third kappa shape index (κ3) is 2.96. The highest BCUT2D eigenvalue weighted by Gasteiger charge is 2.47. The summed E-state index contributed by atoms with van der Waals surface area (Å²) in [6.45, 7) is 5.71. The van der Waals surface area contributed by atoms with E-state index in [2.05, 4.69) is 17.2 Å². The van der Waals surface area contributed by atoms with Crippen LogP contribution in [0, 0.1) is 24.6 Å². The maximum Gasteiger partial charge on any atom is 0.224 e. The van der Waals surface area contributed by atoms with Crippen molar-refractivity contribution in [2.24, 2.45) is 11.8 Å². The van der Waals surface area contributed by atoms with Crippen LogP contribution in [0.3, 0.4) is 0 Å². The molecule has 26 heavy (non-hydrogen) atoms. The molecule has 1 saturated carbocycles. The molecule has 1 fully saturated rings. The van der Waals surface area contributed by atoms with Crippen molar-refractivity contribution in [1.29, 1.82) is 0 Å². The predicted octanol–water partition coefficient (Wildman–Crippen LogP) is 4.46. The van der Waals surface area contributed by atoms with Gasteiger partial charge in [0.25, 0.3) is 0 Å². The summed E-state index contributed by atoms with van der Waals surface area (Å²) in [4.78, 5) is 18.9. The highest BCUT2D eigenvalue weighted by Crippen LogP contribution is 2.50. The van der Waals surface area contributed by atoms with Crippen LogP contribution in [0.1, 0.15) is 44.0 Å². The van der Waals surface area contributed by atoms with E-state index < -0.39 is 0 Å². The zero-order valence-corrected chi connectivity index (χ0v) is 15.4. The Kier molecular flexibility index (Phi) is 4.17. The maximum absolute atomic E-state index is 14.0. The Morgan fingerprint density at radius 2 is 2.04 bits per heavy atom. The number of aryl methyl sites for hydroxylation is 1. The lowest BCUT2D eigenvalue weighted by Crippen LogP contribution is -2.51. The first-order valence-electron chi connectivity index (χ1n) is 9.25. The second-order valence-corrected chi connectivity index (χ2v) is 7.57. The summed E-state index contributed by atoms with van der Waals surface area (Å²) < 4.78 is 14.0. The molecule has 2 aromatic rings. The first kappa shape index (κ1) is 17.0. The van der Waals surface area contributed by atoms with Gasteiger partial charge < -0.3 is 10.2 Å². The molecule has 1 aromatic heterocycles. The Bertz CT molecular complexity index is 849. The summed E-state index contributed by atoms with van der Waals surface area (Å²) in [5, 5.41) is 3.51. The van der Waals surface area contributed by atoms with Crippen LogP contribution in [0.15, 0.2) is 36.4 Å². The normalized spacial score (nSPS) is 24.9. The first-order chi connectivity index (χ1) is 12.5. The number of nitrogens with zero attached hydrogens (tertiary/aromatic N) is 2. The third-order valence-electron chi connectivity index (χ3n) is 5.58. The number of rotatable bonds is 3. The van der Waals surface area contributed by atoms with Crippen molar-refractivity contribution in [3.8, 4) is 0 Å². The SMILES string of the molecule is CC(=O)N1c2ccc(F)cc2[C@H](Nc2cccc(C)n2)[C@@H](C)[C@@H]1C1CC1. The molecule has 0 spiro atoms. The molecule has 5 heteroatoms. The number of pyridine rings is 1. The number of nitrogens with one attached hydrogen (secondary N) is 1. The van der Waals surface area contributed by atoms with Gasteiger partial charge in [0, 0.05) is 35.8 Å². The number of aromatic nitrogens is 1. The number of fused-ring (bicyclic) bond motifs is 1. The number of halogens is 1. The fourth-order valence-electron chi connectivity index (χ4n) is 4.32. The summed E-state index contributed by atoms with van der Waals surface area (Å²) in [7, 11) is 0. The minimum Gasteiger partial charge on any atom is -0.363 e. The van der Waals surface area contributed by atoms with Gasteiger partial charge in [-0.05, 0) is 56.0 Å². The minimum atomic E-state index is -0.284. The molecule has 4 nitrogen and oxygen atoms in total. The number of hydrogen-bond donors (Lipinski definition) is 1. The average molecular weight is 353 g/mol. The Balaban J connectivity index is 1.80. The van der Waals surface area contributed by atoms with E-state index in [-0.39, 0.29) is 29.7 Å². The molecular weight excluding hydrogens is 329 g/mol. The third-order valence-corrected chi connectivity index (χ3v) is 5.58. The summed E-state index contributed by atoms with van der Waals surface area (Å²) in [5.74, 6) is 1.19. The van der Waals surface area contributed by atoms with Crippen LogP contribution in [0.25, 0.3) is 0 Å². The Labute approximate surface area is 153 Å². The van der Waals surface area contributed by atoms with E-state index in [9.17, 15) is 9.18 Å². The van der Waals surface area contributed by atoms with Crippen molar-refractivity contribution >= 4 is 17.4 Å². The van der Waals surface area contributed by atoms with E-state index in [1.165, 1.54) is 6.07 Å². The summed E-state index contributed by atoms with van der Waals surface area (Å²) in [5.41, 5.74) is 2.58. The van der Waals surface area contributed by atoms with E-state index in [0.29, 0.717) is 5.92 Å².